The number of aliphatic imine (C=N–C) groups is 1. The lowest BCUT2D eigenvalue weighted by molar-refractivity contribution is 0.617. The van der Waals surface area contributed by atoms with Crippen LogP contribution >= 0.6 is 24.0 Å². The van der Waals surface area contributed by atoms with Crippen molar-refractivity contribution in [1.82, 2.24) is 15.6 Å². The predicted molar refractivity (Wildman–Crippen MR) is 102 cm³/mol. The van der Waals surface area contributed by atoms with Gasteiger partial charge < -0.3 is 10.6 Å². The van der Waals surface area contributed by atoms with E-state index in [0.717, 1.165) is 23.8 Å². The third kappa shape index (κ3) is 6.52. The summed E-state index contributed by atoms with van der Waals surface area (Å²) in [5.74, 6) is 0.531. The molecule has 0 aliphatic heterocycles. The molecule has 124 valence electrons. The number of nitrogens with one attached hydrogen (secondary N) is 2. The molecule has 0 saturated heterocycles. The molecule has 0 bridgehead atoms. The van der Waals surface area contributed by atoms with Crippen LogP contribution in [0.15, 0.2) is 47.6 Å². The first-order valence-electron chi connectivity index (χ1n) is 7.36. The number of benzene rings is 1. The number of nitrogens with zero attached hydrogens (tertiary/aromatic N) is 2. The van der Waals surface area contributed by atoms with Crippen LogP contribution < -0.4 is 10.6 Å². The van der Waals surface area contributed by atoms with E-state index < -0.39 is 0 Å². The fraction of sp³-hybridized carbons (Fsp3) is 0.294. The number of hydrogen-bond acceptors (Lipinski definition) is 2. The van der Waals surface area contributed by atoms with Crippen LogP contribution in [-0.4, -0.2) is 17.5 Å². The van der Waals surface area contributed by atoms with Crippen LogP contribution in [0.2, 0.25) is 0 Å². The molecular formula is C17H22FIN4. The highest BCUT2D eigenvalue weighted by atomic mass is 127. The lowest BCUT2D eigenvalue weighted by atomic mass is 10.1. The van der Waals surface area contributed by atoms with E-state index in [9.17, 15) is 4.39 Å². The van der Waals surface area contributed by atoms with E-state index in [1.54, 1.807) is 19.2 Å². The molecule has 1 heterocycles. The Bertz CT molecular complexity index is 632. The Morgan fingerprint density at radius 1 is 1.22 bits per heavy atom. The highest BCUT2D eigenvalue weighted by molar-refractivity contribution is 14.0. The van der Waals surface area contributed by atoms with E-state index in [0.29, 0.717) is 18.7 Å². The summed E-state index contributed by atoms with van der Waals surface area (Å²) >= 11 is 0. The molecule has 0 amide bonds. The molecule has 6 heteroatoms. The number of aryl methyl sites for hydroxylation is 1. The van der Waals surface area contributed by atoms with Crippen LogP contribution in [-0.2, 0) is 13.1 Å². The third-order valence-corrected chi connectivity index (χ3v) is 3.15. The molecule has 2 aromatic rings. The molecule has 1 aromatic carbocycles. The molecule has 0 unspecified atom stereocenters. The van der Waals surface area contributed by atoms with Gasteiger partial charge in [-0.25, -0.2) is 9.38 Å². The van der Waals surface area contributed by atoms with Crippen molar-refractivity contribution >= 4 is 29.9 Å². The van der Waals surface area contributed by atoms with Gasteiger partial charge in [0.15, 0.2) is 5.96 Å². The predicted octanol–water partition coefficient (Wildman–Crippen LogP) is 3.40. The van der Waals surface area contributed by atoms with Crippen molar-refractivity contribution in [2.45, 2.75) is 26.9 Å². The second kappa shape index (κ2) is 10.1. The van der Waals surface area contributed by atoms with Gasteiger partial charge in [-0.1, -0.05) is 18.2 Å². The van der Waals surface area contributed by atoms with Crippen molar-refractivity contribution in [3.8, 4) is 0 Å². The maximum Gasteiger partial charge on any atom is 0.191 e. The Balaban J connectivity index is 0.00000264. The standard InChI is InChI=1S/C17H21FN4.HI/c1-3-19-17(22-12-15-6-4-5-9-20-15)21-11-14-7-8-16(18)13(2)10-14;/h4-10H,3,11-12H2,1-2H3,(H2,19,21,22);1H. The van der Waals surface area contributed by atoms with Gasteiger partial charge in [0, 0.05) is 12.7 Å². The van der Waals surface area contributed by atoms with E-state index in [4.69, 9.17) is 0 Å². The molecule has 0 atom stereocenters. The summed E-state index contributed by atoms with van der Waals surface area (Å²) in [4.78, 5) is 8.78. The van der Waals surface area contributed by atoms with Gasteiger partial charge in [0.05, 0.1) is 18.8 Å². The van der Waals surface area contributed by atoms with E-state index in [1.807, 2.05) is 31.2 Å². The van der Waals surface area contributed by atoms with Crippen LogP contribution in [0.3, 0.4) is 0 Å². The maximum absolute atomic E-state index is 13.3. The fourth-order valence-corrected chi connectivity index (χ4v) is 1.99. The minimum Gasteiger partial charge on any atom is -0.357 e. The zero-order chi connectivity index (χ0) is 15.8. The van der Waals surface area contributed by atoms with Crippen LogP contribution in [0.4, 0.5) is 4.39 Å². The first kappa shape index (κ1) is 19.3. The number of aromatic nitrogens is 1. The number of hydrogen-bond donors (Lipinski definition) is 2. The van der Waals surface area contributed by atoms with E-state index in [2.05, 4.69) is 20.6 Å². The van der Waals surface area contributed by atoms with Crippen LogP contribution in [0.25, 0.3) is 0 Å². The maximum atomic E-state index is 13.3. The SMILES string of the molecule is CCNC(=NCc1ccc(F)c(C)c1)NCc1ccccn1.I. The molecule has 2 rings (SSSR count). The van der Waals surface area contributed by atoms with Gasteiger partial charge in [0.25, 0.3) is 0 Å². The highest BCUT2D eigenvalue weighted by Crippen LogP contribution is 2.10. The largest absolute Gasteiger partial charge is 0.357 e. The highest BCUT2D eigenvalue weighted by Gasteiger charge is 2.01. The quantitative estimate of drug-likeness (QED) is 0.436. The van der Waals surface area contributed by atoms with Gasteiger partial charge in [-0.15, -0.1) is 24.0 Å². The van der Waals surface area contributed by atoms with Crippen LogP contribution in [0, 0.1) is 12.7 Å². The summed E-state index contributed by atoms with van der Waals surface area (Å²) in [6.07, 6.45) is 1.77. The zero-order valence-corrected chi connectivity index (χ0v) is 15.7. The third-order valence-electron chi connectivity index (χ3n) is 3.15. The smallest absolute Gasteiger partial charge is 0.191 e. The molecule has 1 aromatic heterocycles. The Kier molecular flexibility index (Phi) is 8.53. The monoisotopic (exact) mass is 428 g/mol. The topological polar surface area (TPSA) is 49.3 Å². The molecule has 23 heavy (non-hydrogen) atoms. The summed E-state index contributed by atoms with van der Waals surface area (Å²) in [5.41, 5.74) is 2.57. The molecule has 4 nitrogen and oxygen atoms in total. The summed E-state index contributed by atoms with van der Waals surface area (Å²) in [5, 5.41) is 6.42. The van der Waals surface area contributed by atoms with Crippen molar-refractivity contribution in [1.29, 1.82) is 0 Å². The normalized spacial score (nSPS) is 10.8. The molecule has 0 aliphatic carbocycles. The van der Waals surface area contributed by atoms with Gasteiger partial charge in [-0.05, 0) is 43.2 Å². The lowest BCUT2D eigenvalue weighted by Gasteiger charge is -2.11. The zero-order valence-electron chi connectivity index (χ0n) is 13.3. The van der Waals surface area contributed by atoms with Crippen LogP contribution in [0.1, 0.15) is 23.7 Å². The Labute approximate surface area is 153 Å². The molecule has 0 fully saturated rings. The van der Waals surface area contributed by atoms with Crippen molar-refractivity contribution in [2.75, 3.05) is 6.54 Å². The molecular weight excluding hydrogens is 406 g/mol. The van der Waals surface area contributed by atoms with Gasteiger partial charge in [-0.3, -0.25) is 4.98 Å². The molecule has 0 saturated carbocycles. The number of halogens is 2. The van der Waals surface area contributed by atoms with Crippen molar-refractivity contribution in [2.24, 2.45) is 4.99 Å². The summed E-state index contributed by atoms with van der Waals surface area (Å²) < 4.78 is 13.3. The number of guanidine groups is 1. The van der Waals surface area contributed by atoms with E-state index >= 15 is 0 Å². The second-order valence-electron chi connectivity index (χ2n) is 4.95. The fourth-order valence-electron chi connectivity index (χ4n) is 1.99. The van der Waals surface area contributed by atoms with E-state index in [-0.39, 0.29) is 29.8 Å². The number of rotatable bonds is 5. The van der Waals surface area contributed by atoms with Crippen LogP contribution in [0.5, 0.6) is 0 Å². The first-order valence-corrected chi connectivity index (χ1v) is 7.36. The average molecular weight is 428 g/mol. The first-order chi connectivity index (χ1) is 10.7. The summed E-state index contributed by atoms with van der Waals surface area (Å²) in [6.45, 7) is 5.65. The Morgan fingerprint density at radius 3 is 2.70 bits per heavy atom. The molecule has 0 spiro atoms. The molecule has 2 N–H and O–H groups in total. The van der Waals surface area contributed by atoms with Gasteiger partial charge in [0.2, 0.25) is 0 Å². The van der Waals surface area contributed by atoms with Gasteiger partial charge in [-0.2, -0.15) is 0 Å². The molecule has 0 radical (unpaired) electrons. The van der Waals surface area contributed by atoms with Crippen molar-refractivity contribution in [3.63, 3.8) is 0 Å². The Morgan fingerprint density at radius 2 is 2.04 bits per heavy atom. The number of pyridine rings is 1. The van der Waals surface area contributed by atoms with E-state index in [1.165, 1.54) is 6.07 Å². The van der Waals surface area contributed by atoms with Gasteiger partial charge in [0.1, 0.15) is 5.82 Å². The Hall–Kier alpha value is -1.70. The van der Waals surface area contributed by atoms with Gasteiger partial charge >= 0.3 is 0 Å². The summed E-state index contributed by atoms with van der Waals surface area (Å²) in [7, 11) is 0. The minimum atomic E-state index is -0.187. The second-order valence-corrected chi connectivity index (χ2v) is 4.95. The lowest BCUT2D eigenvalue weighted by Crippen LogP contribution is -2.37. The van der Waals surface area contributed by atoms with Crippen molar-refractivity contribution < 1.29 is 4.39 Å². The summed E-state index contributed by atoms with van der Waals surface area (Å²) in [6, 6.07) is 10.9. The average Bonchev–Trinajstić information content (AvgIpc) is 2.54. The molecule has 0 aliphatic rings. The minimum absolute atomic E-state index is 0. The van der Waals surface area contributed by atoms with Crippen molar-refractivity contribution in [3.05, 3.63) is 65.2 Å².